The van der Waals surface area contributed by atoms with E-state index in [9.17, 15) is 14.9 Å². The van der Waals surface area contributed by atoms with E-state index in [2.05, 4.69) is 10.5 Å². The van der Waals surface area contributed by atoms with Gasteiger partial charge in [-0.25, -0.2) is 5.43 Å². The second-order valence-corrected chi connectivity index (χ2v) is 5.81. The lowest BCUT2D eigenvalue weighted by atomic mass is 10.0. The molecule has 7 nitrogen and oxygen atoms in total. The molecule has 0 spiro atoms. The van der Waals surface area contributed by atoms with Crippen LogP contribution in [0.3, 0.4) is 0 Å². The van der Waals surface area contributed by atoms with Crippen molar-refractivity contribution >= 4 is 28.1 Å². The molecule has 1 N–H and O–H groups in total. The topological polar surface area (TPSA) is 93.8 Å². The number of nitrogens with one attached hydrogen (secondary N) is 1. The smallest absolute Gasteiger partial charge is 0.310 e. The summed E-state index contributed by atoms with van der Waals surface area (Å²) in [4.78, 5) is 22.3. The van der Waals surface area contributed by atoms with Crippen LogP contribution in [0.4, 0.5) is 5.69 Å². The van der Waals surface area contributed by atoms with E-state index in [1.165, 1.54) is 18.2 Å². The Kier molecular flexibility index (Phi) is 5.41. The SMILES string of the molecule is CC(=NNC(=O)COc1ccccc1[N+](=O)[O-])c1ccc2ccccc2c1. The van der Waals surface area contributed by atoms with Crippen molar-refractivity contribution in [2.45, 2.75) is 6.92 Å². The van der Waals surface area contributed by atoms with E-state index in [4.69, 9.17) is 4.74 Å². The second kappa shape index (κ2) is 8.09. The molecule has 0 unspecified atom stereocenters. The molecule has 0 bridgehead atoms. The van der Waals surface area contributed by atoms with Gasteiger partial charge in [0.1, 0.15) is 0 Å². The molecule has 3 aromatic rings. The lowest BCUT2D eigenvalue weighted by Crippen LogP contribution is -2.25. The highest BCUT2D eigenvalue weighted by atomic mass is 16.6. The molecule has 0 atom stereocenters. The average molecular weight is 363 g/mol. The summed E-state index contributed by atoms with van der Waals surface area (Å²) in [5.41, 5.74) is 3.73. The molecule has 0 fully saturated rings. The number of nitro benzene ring substituents is 1. The Labute approximate surface area is 155 Å². The van der Waals surface area contributed by atoms with E-state index in [1.54, 1.807) is 13.0 Å². The summed E-state index contributed by atoms with van der Waals surface area (Å²) < 4.78 is 5.23. The van der Waals surface area contributed by atoms with Crippen LogP contribution in [0.5, 0.6) is 5.75 Å². The molecule has 136 valence electrons. The predicted octanol–water partition coefficient (Wildman–Crippen LogP) is 3.67. The maximum absolute atomic E-state index is 11.9. The number of carbonyl (C=O) groups excluding carboxylic acids is 1. The quantitative estimate of drug-likeness (QED) is 0.411. The van der Waals surface area contributed by atoms with Gasteiger partial charge in [0.05, 0.1) is 10.6 Å². The predicted molar refractivity (Wildman–Crippen MR) is 103 cm³/mol. The molecule has 0 aliphatic carbocycles. The van der Waals surface area contributed by atoms with Crippen LogP contribution < -0.4 is 10.2 Å². The number of carbonyl (C=O) groups is 1. The minimum absolute atomic E-state index is 0.0351. The summed E-state index contributed by atoms with van der Waals surface area (Å²) >= 11 is 0. The summed E-state index contributed by atoms with van der Waals surface area (Å²) in [6.45, 7) is 1.41. The van der Waals surface area contributed by atoms with Gasteiger partial charge in [-0.2, -0.15) is 5.10 Å². The highest BCUT2D eigenvalue weighted by Crippen LogP contribution is 2.25. The number of benzene rings is 3. The van der Waals surface area contributed by atoms with E-state index < -0.39 is 10.8 Å². The third-order valence-corrected chi connectivity index (χ3v) is 3.94. The van der Waals surface area contributed by atoms with Crippen molar-refractivity contribution in [1.29, 1.82) is 0 Å². The minimum atomic E-state index is -0.560. The van der Waals surface area contributed by atoms with Gasteiger partial charge in [0.2, 0.25) is 0 Å². The van der Waals surface area contributed by atoms with Crippen molar-refractivity contribution in [2.75, 3.05) is 6.61 Å². The molecule has 0 aromatic heterocycles. The Bertz CT molecular complexity index is 1030. The van der Waals surface area contributed by atoms with E-state index in [0.717, 1.165) is 16.3 Å². The lowest BCUT2D eigenvalue weighted by Gasteiger charge is -2.07. The first kappa shape index (κ1) is 18.1. The maximum atomic E-state index is 11.9. The van der Waals surface area contributed by atoms with Crippen molar-refractivity contribution in [2.24, 2.45) is 5.10 Å². The first-order chi connectivity index (χ1) is 13.0. The fourth-order valence-corrected chi connectivity index (χ4v) is 2.53. The minimum Gasteiger partial charge on any atom is -0.477 e. The number of hydrogen-bond acceptors (Lipinski definition) is 5. The van der Waals surface area contributed by atoms with E-state index in [-0.39, 0.29) is 18.0 Å². The molecule has 0 saturated heterocycles. The fraction of sp³-hybridized carbons (Fsp3) is 0.100. The summed E-state index contributed by atoms with van der Waals surface area (Å²) in [5, 5.41) is 17.2. The molecular formula is C20H17N3O4. The molecular weight excluding hydrogens is 346 g/mol. The molecule has 0 heterocycles. The Morgan fingerprint density at radius 3 is 2.56 bits per heavy atom. The van der Waals surface area contributed by atoms with E-state index in [0.29, 0.717) is 5.71 Å². The van der Waals surface area contributed by atoms with Crippen LogP contribution in [-0.4, -0.2) is 23.1 Å². The van der Waals surface area contributed by atoms with Gasteiger partial charge in [0, 0.05) is 6.07 Å². The number of fused-ring (bicyclic) bond motifs is 1. The molecule has 0 saturated carbocycles. The monoisotopic (exact) mass is 363 g/mol. The molecule has 7 heteroatoms. The molecule has 3 rings (SSSR count). The third kappa shape index (κ3) is 4.46. The Morgan fingerprint density at radius 1 is 1.07 bits per heavy atom. The largest absolute Gasteiger partial charge is 0.477 e. The number of para-hydroxylation sites is 2. The zero-order chi connectivity index (χ0) is 19.2. The van der Waals surface area contributed by atoms with Crippen LogP contribution in [0.1, 0.15) is 12.5 Å². The second-order valence-electron chi connectivity index (χ2n) is 5.81. The van der Waals surface area contributed by atoms with Gasteiger partial charge in [0.15, 0.2) is 12.4 Å². The Morgan fingerprint density at radius 2 is 1.78 bits per heavy atom. The number of nitro groups is 1. The summed E-state index contributed by atoms with van der Waals surface area (Å²) in [5.74, 6) is -0.471. The van der Waals surface area contributed by atoms with Crippen LogP contribution in [-0.2, 0) is 4.79 Å². The fourth-order valence-electron chi connectivity index (χ4n) is 2.53. The molecule has 0 radical (unpaired) electrons. The lowest BCUT2D eigenvalue weighted by molar-refractivity contribution is -0.385. The number of hydrogen-bond donors (Lipinski definition) is 1. The van der Waals surface area contributed by atoms with Gasteiger partial charge in [-0.1, -0.05) is 48.5 Å². The molecule has 0 aliphatic rings. The van der Waals surface area contributed by atoms with Crippen molar-refractivity contribution in [3.8, 4) is 5.75 Å². The first-order valence-corrected chi connectivity index (χ1v) is 8.23. The van der Waals surface area contributed by atoms with Gasteiger partial charge < -0.3 is 4.74 Å². The highest BCUT2D eigenvalue weighted by molar-refractivity contribution is 6.02. The van der Waals surface area contributed by atoms with Crippen LogP contribution >= 0.6 is 0 Å². The van der Waals surface area contributed by atoms with Crippen molar-refractivity contribution in [1.82, 2.24) is 5.43 Å². The summed E-state index contributed by atoms with van der Waals surface area (Å²) in [7, 11) is 0. The Balaban J connectivity index is 1.63. The van der Waals surface area contributed by atoms with E-state index in [1.807, 2.05) is 42.5 Å². The van der Waals surface area contributed by atoms with Gasteiger partial charge in [0.25, 0.3) is 5.91 Å². The van der Waals surface area contributed by atoms with Crippen LogP contribution in [0.15, 0.2) is 71.8 Å². The maximum Gasteiger partial charge on any atom is 0.310 e. The molecule has 3 aromatic carbocycles. The average Bonchev–Trinajstić information content (AvgIpc) is 2.70. The highest BCUT2D eigenvalue weighted by Gasteiger charge is 2.14. The van der Waals surface area contributed by atoms with Gasteiger partial charge >= 0.3 is 5.69 Å². The zero-order valence-corrected chi connectivity index (χ0v) is 14.6. The number of rotatable bonds is 6. The number of ether oxygens (including phenoxy) is 1. The normalized spacial score (nSPS) is 11.2. The number of hydrazone groups is 1. The Hall–Kier alpha value is -3.74. The van der Waals surface area contributed by atoms with Crippen molar-refractivity contribution in [3.63, 3.8) is 0 Å². The van der Waals surface area contributed by atoms with Crippen molar-refractivity contribution < 1.29 is 14.5 Å². The standard InChI is InChI=1S/C20H17N3O4/c1-14(16-11-10-15-6-2-3-7-17(15)12-16)21-22-20(24)13-27-19-9-5-4-8-18(19)23(25)26/h2-12H,13H2,1H3,(H,22,24). The molecule has 27 heavy (non-hydrogen) atoms. The van der Waals surface area contributed by atoms with Gasteiger partial charge in [-0.15, -0.1) is 0 Å². The third-order valence-electron chi connectivity index (χ3n) is 3.94. The summed E-state index contributed by atoms with van der Waals surface area (Å²) in [6.07, 6.45) is 0. The number of nitrogens with zero attached hydrogens (tertiary/aromatic N) is 2. The van der Waals surface area contributed by atoms with E-state index >= 15 is 0 Å². The molecule has 1 amide bonds. The van der Waals surface area contributed by atoms with Crippen molar-refractivity contribution in [3.05, 3.63) is 82.4 Å². The van der Waals surface area contributed by atoms with Crippen LogP contribution in [0, 0.1) is 10.1 Å². The van der Waals surface area contributed by atoms with Crippen LogP contribution in [0.2, 0.25) is 0 Å². The van der Waals surface area contributed by atoms with Crippen LogP contribution in [0.25, 0.3) is 10.8 Å². The zero-order valence-electron chi connectivity index (χ0n) is 14.6. The molecule has 0 aliphatic heterocycles. The summed E-state index contributed by atoms with van der Waals surface area (Å²) in [6, 6.07) is 19.7. The van der Waals surface area contributed by atoms with Gasteiger partial charge in [-0.05, 0) is 35.4 Å². The van der Waals surface area contributed by atoms with Gasteiger partial charge in [-0.3, -0.25) is 14.9 Å². The number of amides is 1. The first-order valence-electron chi connectivity index (χ1n) is 8.23.